The Bertz CT molecular complexity index is 228. The minimum Gasteiger partial charge on any atom is -0.0625 e. The van der Waals surface area contributed by atoms with Crippen LogP contribution in [-0.2, 0) is 0 Å². The highest BCUT2D eigenvalue weighted by molar-refractivity contribution is 4.79. The van der Waals surface area contributed by atoms with E-state index in [9.17, 15) is 0 Å². The van der Waals surface area contributed by atoms with Crippen molar-refractivity contribution in [2.75, 3.05) is 0 Å². The quantitative estimate of drug-likeness (QED) is 0.486. The van der Waals surface area contributed by atoms with Gasteiger partial charge in [-0.2, -0.15) is 0 Å². The Labute approximate surface area is 115 Å². The fraction of sp³-hybridized carbons (Fsp3) is 1.00. The summed E-state index contributed by atoms with van der Waals surface area (Å²) in [5, 5.41) is 0. The molecule has 0 aromatic carbocycles. The molecule has 0 radical (unpaired) electrons. The molecule has 2 fully saturated rings. The summed E-state index contributed by atoms with van der Waals surface area (Å²) >= 11 is 0. The van der Waals surface area contributed by atoms with E-state index in [1.54, 1.807) is 6.42 Å². The third-order valence-corrected chi connectivity index (χ3v) is 5.83. The van der Waals surface area contributed by atoms with Crippen LogP contribution < -0.4 is 0 Å². The molecule has 0 aliphatic heterocycles. The summed E-state index contributed by atoms with van der Waals surface area (Å²) in [5.74, 6) is 3.16. The first-order valence-corrected chi connectivity index (χ1v) is 8.57. The molecule has 2 rings (SSSR count). The van der Waals surface area contributed by atoms with Gasteiger partial charge in [-0.05, 0) is 42.4 Å². The smallest absolute Gasteiger partial charge is 0.0354 e. The van der Waals surface area contributed by atoms with Crippen molar-refractivity contribution in [2.24, 2.45) is 23.2 Å². The lowest BCUT2D eigenvalue weighted by Crippen LogP contribution is -2.20. The van der Waals surface area contributed by atoms with Crippen LogP contribution in [0.1, 0.15) is 91.4 Å². The van der Waals surface area contributed by atoms with E-state index >= 15 is 0 Å². The van der Waals surface area contributed by atoms with E-state index < -0.39 is 0 Å². The highest BCUT2D eigenvalue weighted by Crippen LogP contribution is 2.41. The first kappa shape index (κ1) is 14.4. The monoisotopic (exact) mass is 250 g/mol. The van der Waals surface area contributed by atoms with Crippen molar-refractivity contribution in [2.45, 2.75) is 91.4 Å². The fourth-order valence-electron chi connectivity index (χ4n) is 4.41. The first-order chi connectivity index (χ1) is 8.57. The fourth-order valence-corrected chi connectivity index (χ4v) is 4.41. The van der Waals surface area contributed by atoms with E-state index in [1.165, 1.54) is 64.2 Å². The molecule has 0 amide bonds. The summed E-state index contributed by atoms with van der Waals surface area (Å²) in [7, 11) is 0. The van der Waals surface area contributed by atoms with Gasteiger partial charge in [0.05, 0.1) is 0 Å². The lowest BCUT2D eigenvalue weighted by Gasteiger charge is -2.33. The lowest BCUT2D eigenvalue weighted by atomic mass is 9.73. The van der Waals surface area contributed by atoms with Gasteiger partial charge in [0.1, 0.15) is 0 Å². The van der Waals surface area contributed by atoms with Gasteiger partial charge >= 0.3 is 0 Å². The van der Waals surface area contributed by atoms with E-state index in [-0.39, 0.29) is 0 Å². The van der Waals surface area contributed by atoms with E-state index in [0.29, 0.717) is 5.41 Å². The molecule has 0 N–H and O–H groups in total. The van der Waals surface area contributed by atoms with Gasteiger partial charge in [-0.15, -0.1) is 0 Å². The molecular weight excluding hydrogens is 216 g/mol. The summed E-state index contributed by atoms with van der Waals surface area (Å²) in [6.45, 7) is 7.41. The normalized spacial score (nSPS) is 35.5. The predicted molar refractivity (Wildman–Crippen MR) is 80.7 cm³/mol. The van der Waals surface area contributed by atoms with Gasteiger partial charge in [0.25, 0.3) is 0 Å². The van der Waals surface area contributed by atoms with Crippen molar-refractivity contribution in [1.82, 2.24) is 0 Å². The van der Waals surface area contributed by atoms with Gasteiger partial charge in [-0.3, -0.25) is 0 Å². The van der Waals surface area contributed by atoms with Crippen LogP contribution in [0.2, 0.25) is 0 Å². The molecule has 2 unspecified atom stereocenters. The maximum Gasteiger partial charge on any atom is -0.0354 e. The third kappa shape index (κ3) is 4.28. The zero-order valence-corrected chi connectivity index (χ0v) is 13.0. The van der Waals surface area contributed by atoms with Gasteiger partial charge < -0.3 is 0 Å². The second-order valence-corrected chi connectivity index (χ2v) is 8.08. The van der Waals surface area contributed by atoms with E-state index in [0.717, 1.165) is 17.8 Å². The van der Waals surface area contributed by atoms with Crippen LogP contribution in [0.25, 0.3) is 0 Å². The van der Waals surface area contributed by atoms with Gasteiger partial charge in [0.15, 0.2) is 0 Å². The SMILES string of the molecule is CC1CCCC(C2CCCC(C)(C)CCC2)CC1. The Hall–Kier alpha value is 0. The molecule has 0 nitrogen and oxygen atoms in total. The van der Waals surface area contributed by atoms with E-state index in [1.807, 2.05) is 0 Å². The lowest BCUT2D eigenvalue weighted by molar-refractivity contribution is 0.188. The van der Waals surface area contributed by atoms with Crippen molar-refractivity contribution in [3.8, 4) is 0 Å². The number of hydrogen-bond donors (Lipinski definition) is 0. The van der Waals surface area contributed by atoms with E-state index in [2.05, 4.69) is 20.8 Å². The van der Waals surface area contributed by atoms with E-state index in [4.69, 9.17) is 0 Å². The largest absolute Gasteiger partial charge is 0.0625 e. The average molecular weight is 250 g/mol. The molecular formula is C18H34. The average Bonchev–Trinajstić information content (AvgIpc) is 2.49. The topological polar surface area (TPSA) is 0 Å². The summed E-state index contributed by atoms with van der Waals surface area (Å²) in [6.07, 6.45) is 16.6. The van der Waals surface area contributed by atoms with Crippen LogP contribution >= 0.6 is 0 Å². The Morgan fingerprint density at radius 3 is 1.89 bits per heavy atom. The molecule has 0 saturated heterocycles. The molecule has 106 valence electrons. The molecule has 2 aliphatic carbocycles. The molecule has 0 aromatic heterocycles. The van der Waals surface area contributed by atoms with Crippen LogP contribution in [0.3, 0.4) is 0 Å². The molecule has 0 bridgehead atoms. The van der Waals surface area contributed by atoms with Crippen molar-refractivity contribution < 1.29 is 0 Å². The Balaban J connectivity index is 1.85. The first-order valence-electron chi connectivity index (χ1n) is 8.57. The van der Waals surface area contributed by atoms with Crippen molar-refractivity contribution >= 4 is 0 Å². The molecule has 2 saturated carbocycles. The van der Waals surface area contributed by atoms with Crippen molar-refractivity contribution in [3.05, 3.63) is 0 Å². The molecule has 2 atom stereocenters. The molecule has 0 heteroatoms. The molecule has 0 spiro atoms. The standard InChI is InChI=1S/C18H34/c1-15-7-4-8-17(12-11-15)16-9-5-13-18(2,3)14-6-10-16/h15-17H,4-14H2,1-3H3. The van der Waals surface area contributed by atoms with Crippen molar-refractivity contribution in [1.29, 1.82) is 0 Å². The van der Waals surface area contributed by atoms with Crippen molar-refractivity contribution in [3.63, 3.8) is 0 Å². The molecule has 0 heterocycles. The third-order valence-electron chi connectivity index (χ3n) is 5.83. The van der Waals surface area contributed by atoms with Crippen LogP contribution in [0.5, 0.6) is 0 Å². The van der Waals surface area contributed by atoms with Crippen LogP contribution in [0.15, 0.2) is 0 Å². The predicted octanol–water partition coefficient (Wildman–Crippen LogP) is 6.20. The minimum absolute atomic E-state index is 0.628. The summed E-state index contributed by atoms with van der Waals surface area (Å²) in [4.78, 5) is 0. The minimum atomic E-state index is 0.628. The molecule has 18 heavy (non-hydrogen) atoms. The van der Waals surface area contributed by atoms with Gasteiger partial charge in [0, 0.05) is 0 Å². The zero-order valence-electron chi connectivity index (χ0n) is 13.0. The number of hydrogen-bond acceptors (Lipinski definition) is 0. The van der Waals surface area contributed by atoms with Gasteiger partial charge in [-0.25, -0.2) is 0 Å². The van der Waals surface area contributed by atoms with Gasteiger partial charge in [0.2, 0.25) is 0 Å². The molecule has 0 aromatic rings. The van der Waals surface area contributed by atoms with Crippen LogP contribution in [-0.4, -0.2) is 0 Å². The maximum absolute atomic E-state index is 2.47. The second-order valence-electron chi connectivity index (χ2n) is 8.08. The molecule has 2 aliphatic rings. The highest BCUT2D eigenvalue weighted by atomic mass is 14.3. The van der Waals surface area contributed by atoms with Crippen LogP contribution in [0, 0.1) is 23.2 Å². The van der Waals surface area contributed by atoms with Gasteiger partial charge in [-0.1, -0.05) is 72.1 Å². The van der Waals surface area contributed by atoms with Crippen LogP contribution in [0.4, 0.5) is 0 Å². The Morgan fingerprint density at radius 1 is 0.667 bits per heavy atom. The maximum atomic E-state index is 2.47. The summed E-state index contributed by atoms with van der Waals surface area (Å²) in [6, 6.07) is 0. The highest BCUT2D eigenvalue weighted by Gasteiger charge is 2.27. The summed E-state index contributed by atoms with van der Waals surface area (Å²) in [5.41, 5.74) is 0.628. The zero-order chi connectivity index (χ0) is 13.0. The Morgan fingerprint density at radius 2 is 1.22 bits per heavy atom. The summed E-state index contributed by atoms with van der Waals surface area (Å²) < 4.78 is 0. The second kappa shape index (κ2) is 6.44. The number of rotatable bonds is 1. The Kier molecular flexibility index (Phi) is 5.15.